The van der Waals surface area contributed by atoms with E-state index < -0.39 is 6.10 Å². The Morgan fingerprint density at radius 3 is 2.92 bits per heavy atom. The van der Waals surface area contributed by atoms with Crippen LogP contribution in [-0.4, -0.2) is 39.5 Å². The minimum atomic E-state index is -0.873. The van der Waals surface area contributed by atoms with E-state index in [1.807, 2.05) is 0 Å². The third kappa shape index (κ3) is 3.35. The summed E-state index contributed by atoms with van der Waals surface area (Å²) in [7, 11) is 0. The Balaban J connectivity index is 2.45. The molecule has 0 aliphatic heterocycles. The molecule has 1 rings (SSSR count). The number of aliphatic hydroxyl groups is 2. The Kier molecular flexibility index (Phi) is 3.60. The second-order valence-corrected chi connectivity index (χ2v) is 2.65. The summed E-state index contributed by atoms with van der Waals surface area (Å²) >= 11 is 0. The highest BCUT2D eigenvalue weighted by atomic mass is 16.5. The van der Waals surface area contributed by atoms with Crippen LogP contribution in [0.15, 0.2) is 12.4 Å². The molecule has 0 saturated heterocycles. The predicted molar refractivity (Wildman–Crippen MR) is 45.4 cm³/mol. The summed E-state index contributed by atoms with van der Waals surface area (Å²) in [6.07, 6.45) is 2.19. The van der Waals surface area contributed by atoms with E-state index in [2.05, 4.69) is 9.97 Å². The molecular formula is C8H12N2O3. The highest BCUT2D eigenvalue weighted by Crippen LogP contribution is 2.04. The zero-order chi connectivity index (χ0) is 9.68. The maximum atomic E-state index is 8.97. The molecular weight excluding hydrogens is 172 g/mol. The van der Waals surface area contributed by atoms with Gasteiger partial charge in [-0.2, -0.15) is 0 Å². The minimum absolute atomic E-state index is 0.0225. The highest BCUT2D eigenvalue weighted by Gasteiger charge is 2.03. The summed E-state index contributed by atoms with van der Waals surface area (Å²) in [4.78, 5) is 7.86. The van der Waals surface area contributed by atoms with Crippen molar-refractivity contribution >= 4 is 0 Å². The van der Waals surface area contributed by atoms with Crippen molar-refractivity contribution in [1.82, 2.24) is 9.97 Å². The number of aliphatic hydroxyl groups excluding tert-OH is 2. The molecule has 5 nitrogen and oxygen atoms in total. The second-order valence-electron chi connectivity index (χ2n) is 2.65. The SMILES string of the molecule is Cc1cncc(OCC(O)CO)n1. The number of hydrogen-bond donors (Lipinski definition) is 2. The topological polar surface area (TPSA) is 75.5 Å². The third-order valence-corrected chi connectivity index (χ3v) is 1.37. The van der Waals surface area contributed by atoms with Crippen LogP contribution in [0.2, 0.25) is 0 Å². The molecule has 0 aliphatic rings. The van der Waals surface area contributed by atoms with Crippen LogP contribution in [0.3, 0.4) is 0 Å². The fraction of sp³-hybridized carbons (Fsp3) is 0.500. The van der Waals surface area contributed by atoms with Gasteiger partial charge in [0.2, 0.25) is 5.88 Å². The van der Waals surface area contributed by atoms with E-state index in [-0.39, 0.29) is 13.2 Å². The van der Waals surface area contributed by atoms with Gasteiger partial charge in [0, 0.05) is 6.20 Å². The summed E-state index contributed by atoms with van der Waals surface area (Å²) in [5.74, 6) is 0.354. The lowest BCUT2D eigenvalue weighted by Gasteiger charge is -2.08. The Bertz CT molecular complexity index is 267. The van der Waals surface area contributed by atoms with E-state index in [0.717, 1.165) is 5.69 Å². The maximum Gasteiger partial charge on any atom is 0.232 e. The first-order valence-corrected chi connectivity index (χ1v) is 3.92. The molecule has 0 radical (unpaired) electrons. The van der Waals surface area contributed by atoms with Crippen molar-refractivity contribution in [2.45, 2.75) is 13.0 Å². The van der Waals surface area contributed by atoms with Crippen LogP contribution >= 0.6 is 0 Å². The summed E-state index contributed by atoms with van der Waals surface area (Å²) in [6, 6.07) is 0. The van der Waals surface area contributed by atoms with Crippen molar-refractivity contribution in [1.29, 1.82) is 0 Å². The van der Waals surface area contributed by atoms with Gasteiger partial charge in [-0.05, 0) is 6.92 Å². The zero-order valence-electron chi connectivity index (χ0n) is 7.34. The van der Waals surface area contributed by atoms with Gasteiger partial charge in [0.15, 0.2) is 0 Å². The molecule has 0 aromatic carbocycles. The molecule has 0 spiro atoms. The van der Waals surface area contributed by atoms with E-state index in [0.29, 0.717) is 5.88 Å². The van der Waals surface area contributed by atoms with Crippen LogP contribution < -0.4 is 4.74 Å². The van der Waals surface area contributed by atoms with Gasteiger partial charge in [-0.1, -0.05) is 0 Å². The number of hydrogen-bond acceptors (Lipinski definition) is 5. The summed E-state index contributed by atoms with van der Waals surface area (Å²) in [5, 5.41) is 17.5. The van der Waals surface area contributed by atoms with Crippen LogP contribution in [0.4, 0.5) is 0 Å². The first-order valence-electron chi connectivity index (χ1n) is 3.92. The van der Waals surface area contributed by atoms with Crippen LogP contribution in [0.5, 0.6) is 5.88 Å². The molecule has 1 heterocycles. The van der Waals surface area contributed by atoms with E-state index >= 15 is 0 Å². The molecule has 1 aromatic rings. The van der Waals surface area contributed by atoms with E-state index in [9.17, 15) is 0 Å². The van der Waals surface area contributed by atoms with Gasteiger partial charge in [-0.3, -0.25) is 4.98 Å². The lowest BCUT2D eigenvalue weighted by molar-refractivity contribution is 0.0519. The van der Waals surface area contributed by atoms with E-state index in [4.69, 9.17) is 14.9 Å². The highest BCUT2D eigenvalue weighted by molar-refractivity contribution is 5.06. The van der Waals surface area contributed by atoms with Crippen molar-refractivity contribution in [3.05, 3.63) is 18.1 Å². The normalized spacial score (nSPS) is 12.5. The van der Waals surface area contributed by atoms with E-state index in [1.165, 1.54) is 6.20 Å². The predicted octanol–water partition coefficient (Wildman–Crippen LogP) is -0.483. The minimum Gasteiger partial charge on any atom is -0.474 e. The maximum absolute atomic E-state index is 8.97. The summed E-state index contributed by atoms with van der Waals surface area (Å²) in [5.41, 5.74) is 0.746. The van der Waals surface area contributed by atoms with Gasteiger partial charge in [0.05, 0.1) is 18.5 Å². The van der Waals surface area contributed by atoms with Gasteiger partial charge < -0.3 is 14.9 Å². The lowest BCUT2D eigenvalue weighted by atomic mass is 10.4. The molecule has 72 valence electrons. The van der Waals surface area contributed by atoms with Crippen LogP contribution in [0, 0.1) is 6.92 Å². The van der Waals surface area contributed by atoms with Crippen LogP contribution in [0.25, 0.3) is 0 Å². The van der Waals surface area contributed by atoms with E-state index in [1.54, 1.807) is 13.1 Å². The van der Waals surface area contributed by atoms with Gasteiger partial charge in [0.1, 0.15) is 12.7 Å². The largest absolute Gasteiger partial charge is 0.474 e. The van der Waals surface area contributed by atoms with Gasteiger partial charge in [-0.15, -0.1) is 0 Å². The zero-order valence-corrected chi connectivity index (χ0v) is 7.34. The number of rotatable bonds is 4. The second kappa shape index (κ2) is 4.74. The monoisotopic (exact) mass is 184 g/mol. The summed E-state index contributed by atoms with van der Waals surface area (Å²) in [6.45, 7) is 1.50. The Morgan fingerprint density at radius 1 is 1.54 bits per heavy atom. The van der Waals surface area contributed by atoms with Crippen molar-refractivity contribution in [2.24, 2.45) is 0 Å². The Labute approximate surface area is 76.0 Å². The molecule has 0 amide bonds. The fourth-order valence-electron chi connectivity index (χ4n) is 0.744. The number of nitrogens with zero attached hydrogens (tertiary/aromatic N) is 2. The van der Waals surface area contributed by atoms with Crippen molar-refractivity contribution < 1.29 is 14.9 Å². The molecule has 2 N–H and O–H groups in total. The fourth-order valence-corrected chi connectivity index (χ4v) is 0.744. The van der Waals surface area contributed by atoms with Crippen LogP contribution in [-0.2, 0) is 0 Å². The van der Waals surface area contributed by atoms with Gasteiger partial charge >= 0.3 is 0 Å². The van der Waals surface area contributed by atoms with Gasteiger partial charge in [-0.25, -0.2) is 4.98 Å². The molecule has 0 saturated carbocycles. The number of ether oxygens (including phenoxy) is 1. The molecule has 0 aliphatic carbocycles. The molecule has 5 heteroatoms. The number of aromatic nitrogens is 2. The van der Waals surface area contributed by atoms with Crippen LogP contribution in [0.1, 0.15) is 5.69 Å². The first kappa shape index (κ1) is 9.88. The average Bonchev–Trinajstić information content (AvgIpc) is 2.14. The Hall–Kier alpha value is -1.20. The van der Waals surface area contributed by atoms with Crippen molar-refractivity contribution in [2.75, 3.05) is 13.2 Å². The first-order chi connectivity index (χ1) is 6.22. The standard InChI is InChI=1S/C8H12N2O3/c1-6-2-9-3-8(10-6)13-5-7(12)4-11/h2-3,7,11-12H,4-5H2,1H3. The molecule has 13 heavy (non-hydrogen) atoms. The summed E-state index contributed by atoms with van der Waals surface area (Å²) < 4.78 is 5.06. The molecule has 0 bridgehead atoms. The molecule has 1 aromatic heterocycles. The number of aryl methyl sites for hydroxylation is 1. The van der Waals surface area contributed by atoms with Crippen molar-refractivity contribution in [3.8, 4) is 5.88 Å². The molecule has 1 unspecified atom stereocenters. The Morgan fingerprint density at radius 2 is 2.31 bits per heavy atom. The smallest absolute Gasteiger partial charge is 0.232 e. The lowest BCUT2D eigenvalue weighted by Crippen LogP contribution is -2.21. The molecule has 1 atom stereocenters. The quantitative estimate of drug-likeness (QED) is 0.660. The third-order valence-electron chi connectivity index (χ3n) is 1.37. The molecule has 0 fully saturated rings. The van der Waals surface area contributed by atoms with Crippen molar-refractivity contribution in [3.63, 3.8) is 0 Å². The van der Waals surface area contributed by atoms with Gasteiger partial charge in [0.25, 0.3) is 0 Å². The average molecular weight is 184 g/mol.